The van der Waals surface area contributed by atoms with Gasteiger partial charge in [-0.15, -0.1) is 0 Å². The van der Waals surface area contributed by atoms with Gasteiger partial charge in [0, 0.05) is 12.0 Å². The Labute approximate surface area is 126 Å². The first-order valence-electron chi connectivity index (χ1n) is 6.77. The molecular weight excluding hydrogens is 287 g/mol. The first kappa shape index (κ1) is 14.3. The highest BCUT2D eigenvalue weighted by Gasteiger charge is 2.26. The fourth-order valence-corrected chi connectivity index (χ4v) is 2.42. The molecule has 3 rings (SSSR count). The number of fused-ring (bicyclic) bond motifs is 1. The van der Waals surface area contributed by atoms with Crippen molar-refractivity contribution >= 4 is 11.6 Å². The Bertz CT molecular complexity index is 750. The van der Waals surface area contributed by atoms with Crippen molar-refractivity contribution in [3.63, 3.8) is 0 Å². The summed E-state index contributed by atoms with van der Waals surface area (Å²) < 4.78 is 23.7. The van der Waals surface area contributed by atoms with Crippen LogP contribution < -0.4 is 9.47 Å². The van der Waals surface area contributed by atoms with E-state index in [1.54, 1.807) is 12.1 Å². The van der Waals surface area contributed by atoms with Crippen molar-refractivity contribution in [2.75, 3.05) is 6.79 Å². The highest BCUT2D eigenvalue weighted by atomic mass is 19.1. The van der Waals surface area contributed by atoms with Gasteiger partial charge >= 0.3 is 0 Å². The molecule has 0 aromatic heterocycles. The van der Waals surface area contributed by atoms with E-state index in [1.807, 2.05) is 0 Å². The molecule has 1 aliphatic rings. The van der Waals surface area contributed by atoms with Crippen LogP contribution in [-0.2, 0) is 11.2 Å². The highest BCUT2D eigenvalue weighted by molar-refractivity contribution is 6.12. The normalized spacial score (nSPS) is 12.3. The third kappa shape index (κ3) is 2.57. The van der Waals surface area contributed by atoms with Gasteiger partial charge in [-0.25, -0.2) is 4.39 Å². The zero-order valence-corrected chi connectivity index (χ0v) is 11.9. The average molecular weight is 300 g/mol. The van der Waals surface area contributed by atoms with E-state index < -0.39 is 5.82 Å². The highest BCUT2D eigenvalue weighted by Crippen LogP contribution is 2.39. The van der Waals surface area contributed by atoms with Crippen LogP contribution in [0.5, 0.6) is 11.5 Å². The van der Waals surface area contributed by atoms with E-state index in [-0.39, 0.29) is 24.8 Å². The second-order valence-corrected chi connectivity index (χ2v) is 5.05. The maximum absolute atomic E-state index is 13.0. The summed E-state index contributed by atoms with van der Waals surface area (Å²) >= 11 is 0. The van der Waals surface area contributed by atoms with Crippen LogP contribution in [0.25, 0.3) is 0 Å². The monoisotopic (exact) mass is 300 g/mol. The van der Waals surface area contributed by atoms with E-state index in [4.69, 9.17) is 9.47 Å². The number of ketones is 2. The van der Waals surface area contributed by atoms with Crippen LogP contribution >= 0.6 is 0 Å². The maximum Gasteiger partial charge on any atom is 0.231 e. The topological polar surface area (TPSA) is 52.6 Å². The molecule has 0 saturated heterocycles. The number of benzene rings is 2. The van der Waals surface area contributed by atoms with Crippen molar-refractivity contribution < 1.29 is 23.5 Å². The van der Waals surface area contributed by atoms with Gasteiger partial charge in [0.15, 0.2) is 17.3 Å². The second-order valence-electron chi connectivity index (χ2n) is 5.05. The van der Waals surface area contributed by atoms with Crippen LogP contribution in [0.15, 0.2) is 36.4 Å². The maximum atomic E-state index is 13.0. The van der Waals surface area contributed by atoms with Crippen LogP contribution in [0.4, 0.5) is 4.39 Å². The number of hydrogen-bond donors (Lipinski definition) is 0. The number of carbonyl (C=O) groups excluding carboxylic acids is 2. The van der Waals surface area contributed by atoms with Crippen molar-refractivity contribution in [2.24, 2.45) is 0 Å². The first-order valence-corrected chi connectivity index (χ1v) is 6.77. The molecule has 0 bridgehead atoms. The second kappa shape index (κ2) is 5.60. The number of halogens is 1. The van der Waals surface area contributed by atoms with Crippen LogP contribution in [0.1, 0.15) is 28.4 Å². The van der Waals surface area contributed by atoms with E-state index in [1.165, 1.54) is 31.2 Å². The van der Waals surface area contributed by atoms with Gasteiger partial charge in [0.2, 0.25) is 6.79 Å². The Morgan fingerprint density at radius 2 is 1.82 bits per heavy atom. The molecule has 0 saturated carbocycles. The number of hydrogen-bond acceptors (Lipinski definition) is 4. The number of ether oxygens (including phenoxy) is 2. The Hall–Kier alpha value is -2.69. The molecule has 0 unspecified atom stereocenters. The lowest BCUT2D eigenvalue weighted by molar-refractivity contribution is -0.116. The average Bonchev–Trinajstić information content (AvgIpc) is 2.95. The molecular formula is C17H13FO4. The molecule has 0 atom stereocenters. The van der Waals surface area contributed by atoms with Crippen LogP contribution in [-0.4, -0.2) is 18.4 Å². The molecule has 5 heteroatoms. The minimum absolute atomic E-state index is 0.0303. The summed E-state index contributed by atoms with van der Waals surface area (Å²) in [4.78, 5) is 24.2. The fraction of sp³-hybridized carbons (Fsp3) is 0.176. The number of rotatable bonds is 4. The van der Waals surface area contributed by atoms with Gasteiger partial charge in [-0.1, -0.05) is 6.07 Å². The van der Waals surface area contributed by atoms with Crippen molar-refractivity contribution in [1.29, 1.82) is 0 Å². The van der Waals surface area contributed by atoms with E-state index in [0.717, 1.165) is 0 Å². The van der Waals surface area contributed by atoms with Crippen molar-refractivity contribution in [1.82, 2.24) is 0 Å². The van der Waals surface area contributed by atoms with E-state index >= 15 is 0 Å². The lowest BCUT2D eigenvalue weighted by Gasteiger charge is -2.11. The lowest BCUT2D eigenvalue weighted by atomic mass is 9.94. The smallest absolute Gasteiger partial charge is 0.231 e. The zero-order valence-electron chi connectivity index (χ0n) is 11.9. The van der Waals surface area contributed by atoms with Crippen molar-refractivity contribution in [3.8, 4) is 11.5 Å². The third-order valence-corrected chi connectivity index (χ3v) is 3.40. The molecule has 22 heavy (non-hydrogen) atoms. The minimum atomic E-state index is -0.418. The summed E-state index contributed by atoms with van der Waals surface area (Å²) in [6.45, 7) is 1.49. The van der Waals surface area contributed by atoms with Gasteiger partial charge in [0.1, 0.15) is 11.6 Å². The molecule has 2 aromatic rings. The molecule has 0 N–H and O–H groups in total. The molecule has 1 heterocycles. The molecule has 0 fully saturated rings. The lowest BCUT2D eigenvalue weighted by Crippen LogP contribution is -2.10. The molecule has 1 aliphatic heterocycles. The van der Waals surface area contributed by atoms with E-state index in [9.17, 15) is 14.0 Å². The van der Waals surface area contributed by atoms with Gasteiger partial charge in [-0.3, -0.25) is 9.59 Å². The molecule has 0 spiro atoms. The van der Waals surface area contributed by atoms with Crippen LogP contribution in [0.3, 0.4) is 0 Å². The fourth-order valence-electron chi connectivity index (χ4n) is 2.42. The summed E-state index contributed by atoms with van der Waals surface area (Å²) in [5.74, 6) is 0.00911. The quantitative estimate of drug-likeness (QED) is 0.815. The van der Waals surface area contributed by atoms with Crippen LogP contribution in [0, 0.1) is 5.82 Å². The summed E-state index contributed by atoms with van der Waals surface area (Å²) in [5.41, 5.74) is 1.21. The Balaban J connectivity index is 2.11. The molecule has 0 radical (unpaired) electrons. The predicted octanol–water partition coefficient (Wildman–Crippen LogP) is 2.92. The standard InChI is InChI=1S/C17H13FO4/c1-10(19)8-12-4-7-14-17(22-9-21-14)15(12)16(20)11-2-5-13(18)6-3-11/h2-7H,8-9H2,1H3. The Kier molecular flexibility index (Phi) is 3.63. The third-order valence-electron chi connectivity index (χ3n) is 3.40. The number of Topliss-reactive ketones (excluding diaryl/α,β-unsaturated/α-hetero) is 1. The first-order chi connectivity index (χ1) is 10.6. The molecule has 0 amide bonds. The molecule has 112 valence electrons. The zero-order chi connectivity index (χ0) is 15.7. The van der Waals surface area contributed by atoms with Gasteiger partial charge < -0.3 is 9.47 Å². The summed E-state index contributed by atoms with van der Waals surface area (Å²) in [5, 5.41) is 0. The summed E-state index contributed by atoms with van der Waals surface area (Å²) in [7, 11) is 0. The van der Waals surface area contributed by atoms with E-state index in [2.05, 4.69) is 0 Å². The van der Waals surface area contributed by atoms with Gasteiger partial charge in [-0.2, -0.15) is 0 Å². The Morgan fingerprint density at radius 1 is 1.09 bits per heavy atom. The SMILES string of the molecule is CC(=O)Cc1ccc2c(c1C(=O)c1ccc(F)cc1)OCO2. The van der Waals surface area contributed by atoms with Gasteiger partial charge in [0.05, 0.1) is 5.56 Å². The molecule has 4 nitrogen and oxygen atoms in total. The summed E-state index contributed by atoms with van der Waals surface area (Å²) in [6.07, 6.45) is 0.124. The largest absolute Gasteiger partial charge is 0.454 e. The van der Waals surface area contributed by atoms with E-state index in [0.29, 0.717) is 28.2 Å². The van der Waals surface area contributed by atoms with Crippen LogP contribution in [0.2, 0.25) is 0 Å². The minimum Gasteiger partial charge on any atom is -0.454 e. The van der Waals surface area contributed by atoms with Crippen molar-refractivity contribution in [3.05, 3.63) is 58.9 Å². The molecule has 2 aromatic carbocycles. The van der Waals surface area contributed by atoms with Gasteiger partial charge in [-0.05, 0) is 42.8 Å². The van der Waals surface area contributed by atoms with Gasteiger partial charge in [0.25, 0.3) is 0 Å². The summed E-state index contributed by atoms with van der Waals surface area (Å²) in [6, 6.07) is 8.62. The Morgan fingerprint density at radius 3 is 2.50 bits per heavy atom. The predicted molar refractivity (Wildman–Crippen MR) is 76.8 cm³/mol. The molecule has 0 aliphatic carbocycles. The number of carbonyl (C=O) groups is 2. The van der Waals surface area contributed by atoms with Crippen molar-refractivity contribution in [2.45, 2.75) is 13.3 Å².